The number of hydrogen-bond acceptors (Lipinski definition) is 3. The molecule has 0 aliphatic carbocycles. The first-order valence-corrected chi connectivity index (χ1v) is 3.71. The maximum absolute atomic E-state index is 9.99. The van der Waals surface area contributed by atoms with Gasteiger partial charge in [-0.05, 0) is 27.7 Å². The standard InChI is InChI=1S/C8H16O3/c1-7(2)10-5-8(3,4)11-6-9/h6-7H,5H2,1-4H3. The van der Waals surface area contributed by atoms with E-state index >= 15 is 0 Å². The Labute approximate surface area is 67.7 Å². The monoisotopic (exact) mass is 160 g/mol. The van der Waals surface area contributed by atoms with Crippen molar-refractivity contribution in [2.45, 2.75) is 39.4 Å². The Hall–Kier alpha value is -0.570. The van der Waals surface area contributed by atoms with Gasteiger partial charge in [0.1, 0.15) is 5.60 Å². The second kappa shape index (κ2) is 4.34. The van der Waals surface area contributed by atoms with Crippen LogP contribution < -0.4 is 0 Å². The van der Waals surface area contributed by atoms with E-state index in [1.54, 1.807) is 0 Å². The Bertz CT molecular complexity index is 119. The SMILES string of the molecule is CC(C)OCC(C)(C)OC=O. The van der Waals surface area contributed by atoms with E-state index in [9.17, 15) is 4.79 Å². The highest BCUT2D eigenvalue weighted by molar-refractivity contribution is 5.38. The summed E-state index contributed by atoms with van der Waals surface area (Å²) in [5.74, 6) is 0. The number of carbonyl (C=O) groups excluding carboxylic acids is 1. The summed E-state index contributed by atoms with van der Waals surface area (Å²) < 4.78 is 10.0. The van der Waals surface area contributed by atoms with Crippen LogP contribution in [-0.4, -0.2) is 24.8 Å². The summed E-state index contributed by atoms with van der Waals surface area (Å²) in [6, 6.07) is 0. The minimum absolute atomic E-state index is 0.171. The summed E-state index contributed by atoms with van der Waals surface area (Å²) in [6.07, 6.45) is 0.171. The molecule has 0 atom stereocenters. The fourth-order valence-corrected chi connectivity index (χ4v) is 0.532. The van der Waals surface area contributed by atoms with Gasteiger partial charge in [0.2, 0.25) is 0 Å². The average molecular weight is 160 g/mol. The highest BCUT2D eigenvalue weighted by Gasteiger charge is 2.19. The molecule has 0 aliphatic rings. The zero-order valence-corrected chi connectivity index (χ0v) is 7.59. The summed E-state index contributed by atoms with van der Waals surface area (Å²) >= 11 is 0. The zero-order chi connectivity index (χ0) is 8.91. The van der Waals surface area contributed by atoms with Gasteiger partial charge in [-0.3, -0.25) is 4.79 Å². The average Bonchev–Trinajstić information content (AvgIpc) is 1.84. The molecule has 0 rings (SSSR count). The summed E-state index contributed by atoms with van der Waals surface area (Å²) in [5, 5.41) is 0. The van der Waals surface area contributed by atoms with E-state index in [0.29, 0.717) is 13.1 Å². The molecule has 66 valence electrons. The van der Waals surface area contributed by atoms with Crippen molar-refractivity contribution in [3.8, 4) is 0 Å². The van der Waals surface area contributed by atoms with Crippen molar-refractivity contribution in [3.63, 3.8) is 0 Å². The predicted molar refractivity (Wildman–Crippen MR) is 42.3 cm³/mol. The molecule has 0 N–H and O–H groups in total. The minimum atomic E-state index is -0.508. The lowest BCUT2D eigenvalue weighted by Gasteiger charge is -2.23. The topological polar surface area (TPSA) is 35.5 Å². The maximum Gasteiger partial charge on any atom is 0.293 e. The zero-order valence-electron chi connectivity index (χ0n) is 7.59. The van der Waals surface area contributed by atoms with Crippen molar-refractivity contribution < 1.29 is 14.3 Å². The quantitative estimate of drug-likeness (QED) is 0.570. The lowest BCUT2D eigenvalue weighted by molar-refractivity contribution is -0.147. The third kappa shape index (κ3) is 5.85. The summed E-state index contributed by atoms with van der Waals surface area (Å²) in [5.41, 5.74) is -0.508. The Kier molecular flexibility index (Phi) is 4.11. The van der Waals surface area contributed by atoms with Crippen LogP contribution in [0, 0.1) is 0 Å². The number of hydrogen-bond donors (Lipinski definition) is 0. The number of ether oxygens (including phenoxy) is 2. The van der Waals surface area contributed by atoms with Gasteiger partial charge in [-0.25, -0.2) is 0 Å². The molecule has 0 unspecified atom stereocenters. The Morgan fingerprint density at radius 3 is 2.36 bits per heavy atom. The molecule has 0 fully saturated rings. The van der Waals surface area contributed by atoms with E-state index in [1.807, 2.05) is 27.7 Å². The second-order valence-corrected chi connectivity index (χ2v) is 3.33. The van der Waals surface area contributed by atoms with Crippen molar-refractivity contribution in [1.29, 1.82) is 0 Å². The lowest BCUT2D eigenvalue weighted by Crippen LogP contribution is -2.31. The van der Waals surface area contributed by atoms with Gasteiger partial charge < -0.3 is 9.47 Å². The van der Waals surface area contributed by atoms with Crippen molar-refractivity contribution in [1.82, 2.24) is 0 Å². The van der Waals surface area contributed by atoms with Crippen LogP contribution in [0.15, 0.2) is 0 Å². The van der Waals surface area contributed by atoms with E-state index in [1.165, 1.54) is 0 Å². The van der Waals surface area contributed by atoms with Crippen molar-refractivity contribution in [2.75, 3.05) is 6.61 Å². The van der Waals surface area contributed by atoms with E-state index < -0.39 is 5.60 Å². The molecule has 0 heterocycles. The van der Waals surface area contributed by atoms with Crippen LogP contribution in [0.25, 0.3) is 0 Å². The van der Waals surface area contributed by atoms with Crippen molar-refractivity contribution in [2.24, 2.45) is 0 Å². The molecule has 11 heavy (non-hydrogen) atoms. The van der Waals surface area contributed by atoms with E-state index in [0.717, 1.165) is 0 Å². The summed E-state index contributed by atoms with van der Waals surface area (Å²) in [6.45, 7) is 8.38. The van der Waals surface area contributed by atoms with Gasteiger partial charge in [0.15, 0.2) is 0 Å². The molecule has 3 heteroatoms. The number of carbonyl (C=O) groups is 1. The van der Waals surface area contributed by atoms with Crippen LogP contribution in [0.5, 0.6) is 0 Å². The molecular weight excluding hydrogens is 144 g/mol. The van der Waals surface area contributed by atoms with Crippen LogP contribution in [0.2, 0.25) is 0 Å². The highest BCUT2D eigenvalue weighted by atomic mass is 16.6. The molecule has 0 radical (unpaired) electrons. The molecule has 0 amide bonds. The van der Waals surface area contributed by atoms with Gasteiger partial charge in [-0.15, -0.1) is 0 Å². The smallest absolute Gasteiger partial charge is 0.293 e. The van der Waals surface area contributed by atoms with Gasteiger partial charge in [0.25, 0.3) is 6.47 Å². The Balaban J connectivity index is 3.62. The van der Waals surface area contributed by atoms with Gasteiger partial charge in [0.05, 0.1) is 12.7 Å². The minimum Gasteiger partial charge on any atom is -0.459 e. The highest BCUT2D eigenvalue weighted by Crippen LogP contribution is 2.08. The molecule has 0 bridgehead atoms. The summed E-state index contributed by atoms with van der Waals surface area (Å²) in [4.78, 5) is 9.99. The first-order chi connectivity index (χ1) is 4.98. The summed E-state index contributed by atoms with van der Waals surface area (Å²) in [7, 11) is 0. The van der Waals surface area contributed by atoms with Crippen molar-refractivity contribution >= 4 is 6.47 Å². The fourth-order valence-electron chi connectivity index (χ4n) is 0.532. The van der Waals surface area contributed by atoms with Crippen LogP contribution in [0.1, 0.15) is 27.7 Å². The molecule has 3 nitrogen and oxygen atoms in total. The molecule has 0 aliphatic heterocycles. The third-order valence-corrected chi connectivity index (χ3v) is 1.13. The first-order valence-electron chi connectivity index (χ1n) is 3.71. The normalized spacial score (nSPS) is 11.7. The Morgan fingerprint density at radius 1 is 1.45 bits per heavy atom. The van der Waals surface area contributed by atoms with E-state index in [-0.39, 0.29) is 6.10 Å². The van der Waals surface area contributed by atoms with Gasteiger partial charge in [0, 0.05) is 0 Å². The molecule has 0 aromatic carbocycles. The number of rotatable bonds is 5. The van der Waals surface area contributed by atoms with Crippen molar-refractivity contribution in [3.05, 3.63) is 0 Å². The molecule has 0 spiro atoms. The Morgan fingerprint density at radius 2 is 2.00 bits per heavy atom. The van der Waals surface area contributed by atoms with Crippen LogP contribution in [0.4, 0.5) is 0 Å². The second-order valence-electron chi connectivity index (χ2n) is 3.33. The molecule has 0 saturated heterocycles. The van der Waals surface area contributed by atoms with E-state index in [2.05, 4.69) is 0 Å². The van der Waals surface area contributed by atoms with Gasteiger partial charge >= 0.3 is 0 Å². The first kappa shape index (κ1) is 10.4. The van der Waals surface area contributed by atoms with Gasteiger partial charge in [-0.1, -0.05) is 0 Å². The lowest BCUT2D eigenvalue weighted by atomic mass is 10.1. The van der Waals surface area contributed by atoms with E-state index in [4.69, 9.17) is 9.47 Å². The maximum atomic E-state index is 9.99. The predicted octanol–water partition coefficient (Wildman–Crippen LogP) is 1.36. The largest absolute Gasteiger partial charge is 0.459 e. The van der Waals surface area contributed by atoms with Crippen LogP contribution in [0.3, 0.4) is 0 Å². The molecular formula is C8H16O3. The van der Waals surface area contributed by atoms with Crippen LogP contribution >= 0.6 is 0 Å². The van der Waals surface area contributed by atoms with Gasteiger partial charge in [-0.2, -0.15) is 0 Å². The van der Waals surface area contributed by atoms with Crippen LogP contribution in [-0.2, 0) is 14.3 Å². The molecule has 0 saturated carbocycles. The molecule has 0 aromatic heterocycles. The fraction of sp³-hybridized carbons (Fsp3) is 0.875. The third-order valence-electron chi connectivity index (χ3n) is 1.13. The molecule has 0 aromatic rings.